The van der Waals surface area contributed by atoms with Gasteiger partial charge < -0.3 is 14.6 Å². The van der Waals surface area contributed by atoms with Gasteiger partial charge in [0.2, 0.25) is 4.80 Å². The van der Waals surface area contributed by atoms with E-state index in [4.69, 9.17) is 14.8 Å². The molecule has 0 radical (unpaired) electrons. The van der Waals surface area contributed by atoms with Crippen LogP contribution in [0.3, 0.4) is 0 Å². The molecule has 8 nitrogen and oxygen atoms in total. The van der Waals surface area contributed by atoms with Gasteiger partial charge in [-0.25, -0.2) is 14.7 Å². The molecule has 1 amide bonds. The highest BCUT2D eigenvalue weighted by Gasteiger charge is 2.18. The predicted molar refractivity (Wildman–Crippen MR) is 154 cm³/mol. The molecule has 3 heterocycles. The fourth-order valence-electron chi connectivity index (χ4n) is 4.44. The van der Waals surface area contributed by atoms with Crippen LogP contribution in [0.15, 0.2) is 94.9 Å². The molecule has 0 atom stereocenters. The van der Waals surface area contributed by atoms with E-state index in [-0.39, 0.29) is 12.5 Å². The van der Waals surface area contributed by atoms with Gasteiger partial charge in [-0.1, -0.05) is 29.8 Å². The lowest BCUT2D eigenvalue weighted by molar-refractivity contribution is -0.118. The molecule has 0 bridgehead atoms. The van der Waals surface area contributed by atoms with E-state index >= 15 is 0 Å². The maximum atomic E-state index is 11.9. The number of nitrogens with zero attached hydrogens (tertiary/aromatic N) is 5. The Morgan fingerprint density at radius 2 is 1.92 bits per heavy atom. The average molecular weight is 535 g/mol. The highest BCUT2D eigenvalue weighted by molar-refractivity contribution is 7.07. The summed E-state index contributed by atoms with van der Waals surface area (Å²) in [5, 5.41) is 9.97. The molecule has 194 valence electrons. The molecular formula is C30H26N6O2S. The third kappa shape index (κ3) is 5.04. The zero-order chi connectivity index (χ0) is 26.9. The van der Waals surface area contributed by atoms with Crippen LogP contribution in [0.1, 0.15) is 23.6 Å². The molecule has 0 fully saturated rings. The second kappa shape index (κ2) is 10.2. The Hall–Kier alpha value is -4.76. The van der Waals surface area contributed by atoms with Crippen molar-refractivity contribution in [2.45, 2.75) is 20.8 Å². The first-order valence-electron chi connectivity index (χ1n) is 12.5. The lowest BCUT2D eigenvalue weighted by Crippen LogP contribution is -2.25. The SMILES string of the molecule is CC(=Nn1c(-c2ccc3c(c2)NC(=O)CO3)csc1=Nc1ccc(C)cc1C)c1ccc(-n2ccnc2)cc1. The van der Waals surface area contributed by atoms with E-state index in [1.165, 1.54) is 16.9 Å². The first kappa shape index (κ1) is 24.6. The smallest absolute Gasteiger partial charge is 0.262 e. The number of hydrogen-bond donors (Lipinski definition) is 1. The average Bonchev–Trinajstić information content (AvgIpc) is 3.61. The topological polar surface area (TPSA) is 85.8 Å². The van der Waals surface area contributed by atoms with Gasteiger partial charge in [0.15, 0.2) is 6.61 Å². The van der Waals surface area contributed by atoms with Crippen LogP contribution >= 0.6 is 11.3 Å². The third-order valence-electron chi connectivity index (χ3n) is 6.50. The zero-order valence-electron chi connectivity index (χ0n) is 21.8. The van der Waals surface area contributed by atoms with Crippen LogP contribution in [-0.4, -0.2) is 32.5 Å². The Labute approximate surface area is 229 Å². The maximum absolute atomic E-state index is 11.9. The standard InChI is InChI=1S/C30H26N6O2S/c1-19-4-10-25(20(2)14-19)33-30-36(34-21(3)22-5-8-24(9-6-22)35-13-12-31-18-35)27(17-39-30)23-7-11-28-26(15-23)32-29(37)16-38-28/h4-15,17-18H,16H2,1-3H3,(H,32,37). The summed E-state index contributed by atoms with van der Waals surface area (Å²) in [5.41, 5.74) is 8.44. The van der Waals surface area contributed by atoms with Crippen molar-refractivity contribution >= 4 is 34.3 Å². The summed E-state index contributed by atoms with van der Waals surface area (Å²) in [6.07, 6.45) is 5.45. The summed E-state index contributed by atoms with van der Waals surface area (Å²) in [6.45, 7) is 6.15. The molecule has 0 unspecified atom stereocenters. The van der Waals surface area contributed by atoms with Crippen LogP contribution in [0.25, 0.3) is 16.9 Å². The van der Waals surface area contributed by atoms with Crippen molar-refractivity contribution in [2.24, 2.45) is 10.1 Å². The zero-order valence-corrected chi connectivity index (χ0v) is 22.6. The van der Waals surface area contributed by atoms with Crippen LogP contribution < -0.4 is 14.9 Å². The van der Waals surface area contributed by atoms with E-state index in [1.807, 2.05) is 76.3 Å². The second-order valence-corrected chi connectivity index (χ2v) is 10.2. The summed E-state index contributed by atoms with van der Waals surface area (Å²) < 4.78 is 9.39. The fraction of sp³-hybridized carbons (Fsp3) is 0.133. The van der Waals surface area contributed by atoms with E-state index < -0.39 is 0 Å². The number of ether oxygens (including phenoxy) is 1. The van der Waals surface area contributed by atoms with Crippen LogP contribution in [0.2, 0.25) is 0 Å². The Kier molecular flexibility index (Phi) is 6.42. The van der Waals surface area contributed by atoms with Gasteiger partial charge in [-0.15, -0.1) is 11.3 Å². The second-order valence-electron chi connectivity index (χ2n) is 9.37. The lowest BCUT2D eigenvalue weighted by Gasteiger charge is -2.18. The number of amides is 1. The van der Waals surface area contributed by atoms with Gasteiger partial charge in [0.1, 0.15) is 5.75 Å². The Bertz CT molecular complexity index is 1780. The van der Waals surface area contributed by atoms with Crippen LogP contribution in [-0.2, 0) is 4.79 Å². The van der Waals surface area contributed by atoms with Gasteiger partial charge in [0.05, 0.1) is 29.1 Å². The molecule has 9 heteroatoms. The van der Waals surface area contributed by atoms with Gasteiger partial charge in [0.25, 0.3) is 5.91 Å². The molecule has 6 rings (SSSR count). The van der Waals surface area contributed by atoms with E-state index in [1.54, 1.807) is 12.5 Å². The van der Waals surface area contributed by atoms with Crippen molar-refractivity contribution in [3.63, 3.8) is 0 Å². The molecule has 39 heavy (non-hydrogen) atoms. The normalized spacial score (nSPS) is 13.7. The van der Waals surface area contributed by atoms with Gasteiger partial charge in [-0.3, -0.25) is 4.79 Å². The highest BCUT2D eigenvalue weighted by atomic mass is 32.1. The van der Waals surface area contributed by atoms with Gasteiger partial charge in [-0.2, -0.15) is 5.10 Å². The fourth-order valence-corrected chi connectivity index (χ4v) is 5.29. The largest absolute Gasteiger partial charge is 0.482 e. The molecule has 3 aromatic carbocycles. The summed E-state index contributed by atoms with van der Waals surface area (Å²) >= 11 is 1.51. The van der Waals surface area contributed by atoms with Gasteiger partial charge >= 0.3 is 0 Å². The summed E-state index contributed by atoms with van der Waals surface area (Å²) in [4.78, 5) is 21.8. The number of imidazole rings is 1. The van der Waals surface area contributed by atoms with Crippen molar-refractivity contribution in [3.05, 3.63) is 106 Å². The van der Waals surface area contributed by atoms with Crippen LogP contribution in [0.5, 0.6) is 5.75 Å². The Morgan fingerprint density at radius 3 is 2.69 bits per heavy atom. The quantitative estimate of drug-likeness (QED) is 0.287. The third-order valence-corrected chi connectivity index (χ3v) is 7.32. The van der Waals surface area contributed by atoms with Gasteiger partial charge in [0, 0.05) is 29.0 Å². The lowest BCUT2D eigenvalue weighted by atomic mass is 10.1. The molecule has 0 saturated heterocycles. The van der Waals surface area contributed by atoms with Crippen molar-refractivity contribution in [3.8, 4) is 22.7 Å². The monoisotopic (exact) mass is 534 g/mol. The number of benzene rings is 3. The first-order valence-corrected chi connectivity index (χ1v) is 13.4. The van der Waals surface area contributed by atoms with Crippen LogP contribution in [0, 0.1) is 13.8 Å². The molecule has 2 aromatic heterocycles. The van der Waals surface area contributed by atoms with Crippen molar-refractivity contribution in [1.29, 1.82) is 0 Å². The molecule has 0 aliphatic carbocycles. The van der Waals surface area contributed by atoms with Crippen molar-refractivity contribution in [2.75, 3.05) is 11.9 Å². The molecule has 5 aromatic rings. The van der Waals surface area contributed by atoms with Gasteiger partial charge in [-0.05, 0) is 68.3 Å². The highest BCUT2D eigenvalue weighted by Crippen LogP contribution is 2.33. The number of aryl methyl sites for hydroxylation is 2. The minimum absolute atomic E-state index is 0.0207. The molecule has 1 aliphatic rings. The number of fused-ring (bicyclic) bond motifs is 1. The summed E-state index contributed by atoms with van der Waals surface area (Å²) in [7, 11) is 0. The summed E-state index contributed by atoms with van der Waals surface area (Å²) in [5.74, 6) is 0.481. The minimum atomic E-state index is -0.170. The molecule has 1 aliphatic heterocycles. The number of hydrogen-bond acceptors (Lipinski definition) is 6. The summed E-state index contributed by atoms with van der Waals surface area (Å²) in [6, 6.07) is 20.2. The van der Waals surface area contributed by atoms with E-state index in [9.17, 15) is 4.79 Å². The number of thiazole rings is 1. The first-order chi connectivity index (χ1) is 18.9. The number of carbonyl (C=O) groups is 1. The maximum Gasteiger partial charge on any atom is 0.262 e. The molecule has 1 N–H and O–H groups in total. The predicted octanol–water partition coefficient (Wildman–Crippen LogP) is 5.85. The van der Waals surface area contributed by atoms with E-state index in [0.717, 1.165) is 44.3 Å². The molecular weight excluding hydrogens is 508 g/mol. The number of carbonyl (C=O) groups excluding carboxylic acids is 1. The molecule has 0 spiro atoms. The van der Waals surface area contributed by atoms with Crippen molar-refractivity contribution < 1.29 is 9.53 Å². The number of nitrogens with one attached hydrogen (secondary N) is 1. The number of rotatable bonds is 5. The van der Waals surface area contributed by atoms with Crippen LogP contribution in [0.4, 0.5) is 11.4 Å². The number of anilines is 1. The van der Waals surface area contributed by atoms with E-state index in [2.05, 4.69) is 36.3 Å². The Balaban J connectivity index is 1.46. The van der Waals surface area contributed by atoms with Crippen molar-refractivity contribution in [1.82, 2.24) is 14.2 Å². The molecule has 0 saturated carbocycles. The number of aromatic nitrogens is 3. The Morgan fingerprint density at radius 1 is 1.08 bits per heavy atom. The minimum Gasteiger partial charge on any atom is -0.482 e. The van der Waals surface area contributed by atoms with E-state index in [0.29, 0.717) is 11.4 Å².